The fraction of sp³-hybridized carbons (Fsp3) is 0.944. The molecule has 1 saturated carbocycles. The van der Waals surface area contributed by atoms with E-state index in [1.54, 1.807) is 0 Å². The van der Waals surface area contributed by atoms with Crippen molar-refractivity contribution in [3.05, 3.63) is 0 Å². The van der Waals surface area contributed by atoms with E-state index in [2.05, 4.69) is 6.92 Å². The summed E-state index contributed by atoms with van der Waals surface area (Å²) in [5, 5.41) is 0. The van der Waals surface area contributed by atoms with E-state index < -0.39 is 11.4 Å². The Morgan fingerprint density at radius 3 is 2.92 bits per heavy atom. The van der Waals surface area contributed by atoms with Gasteiger partial charge in [0, 0.05) is 12.8 Å². The predicted octanol–water partition coefficient (Wildman–Crippen LogP) is 2.95. The molecule has 1 aliphatic carbocycles. The summed E-state index contributed by atoms with van der Waals surface area (Å²) in [4.78, 5) is 23.7. The van der Waals surface area contributed by atoms with Crippen LogP contribution in [-0.2, 0) is 28.8 Å². The first-order valence-corrected chi connectivity index (χ1v) is 9.41. The molecule has 0 aromatic heterocycles. The second kappa shape index (κ2) is 6.24. The Bertz CT molecular complexity index is 492. The normalized spacial score (nSPS) is 46.9. The number of ether oxygens (including phenoxy) is 3. The van der Waals surface area contributed by atoms with Gasteiger partial charge in [0.05, 0.1) is 19.6 Å². The number of rotatable bonds is 4. The Hall–Kier alpha value is -0.690. The fourth-order valence-corrected chi connectivity index (χ4v) is 5.22. The second-order valence-corrected chi connectivity index (χ2v) is 7.74. The molecule has 136 valence electrons. The molecule has 24 heavy (non-hydrogen) atoms. The van der Waals surface area contributed by atoms with Crippen molar-refractivity contribution < 1.29 is 28.8 Å². The maximum atomic E-state index is 11.8. The zero-order valence-corrected chi connectivity index (χ0v) is 14.6. The van der Waals surface area contributed by atoms with Crippen molar-refractivity contribution in [1.29, 1.82) is 0 Å². The molecule has 2 bridgehead atoms. The summed E-state index contributed by atoms with van der Waals surface area (Å²) >= 11 is 0. The van der Waals surface area contributed by atoms with Gasteiger partial charge in [0.2, 0.25) is 5.79 Å². The molecule has 4 heterocycles. The van der Waals surface area contributed by atoms with Gasteiger partial charge in [-0.15, -0.1) is 0 Å². The molecule has 0 N–H and O–H groups in total. The summed E-state index contributed by atoms with van der Waals surface area (Å²) in [6.45, 7) is 5.20. The highest BCUT2D eigenvalue weighted by Crippen LogP contribution is 2.59. The van der Waals surface area contributed by atoms with Crippen LogP contribution < -0.4 is 0 Å². The lowest BCUT2D eigenvalue weighted by Crippen LogP contribution is -2.67. The monoisotopic (exact) mass is 340 g/mol. The number of esters is 1. The molecule has 5 fully saturated rings. The minimum absolute atomic E-state index is 0.225. The average molecular weight is 340 g/mol. The van der Waals surface area contributed by atoms with Crippen molar-refractivity contribution in [1.82, 2.24) is 0 Å². The fourth-order valence-electron chi connectivity index (χ4n) is 5.22. The predicted molar refractivity (Wildman–Crippen MR) is 83.6 cm³/mol. The Morgan fingerprint density at radius 2 is 2.08 bits per heavy atom. The smallest absolute Gasteiger partial charge is 0.305 e. The standard InChI is InChI=1S/C18H28O6/c1-3-20-15(19)7-10-17-9-6-14-12(2)4-5-13-8-11-21-16(22-17)18(13,14)24-23-17/h12-14,16H,3-11H2,1-2H3/t12-,13+,14+,16-,17+,18+/m1/s1. The van der Waals surface area contributed by atoms with Gasteiger partial charge in [-0.25, -0.2) is 9.78 Å². The van der Waals surface area contributed by atoms with E-state index >= 15 is 0 Å². The van der Waals surface area contributed by atoms with Crippen LogP contribution >= 0.6 is 0 Å². The molecule has 5 aliphatic rings. The summed E-state index contributed by atoms with van der Waals surface area (Å²) in [7, 11) is 0. The second-order valence-electron chi connectivity index (χ2n) is 7.74. The lowest BCUT2D eigenvalue weighted by molar-refractivity contribution is -0.568. The van der Waals surface area contributed by atoms with E-state index in [0.717, 1.165) is 25.7 Å². The quantitative estimate of drug-likeness (QED) is 0.579. The van der Waals surface area contributed by atoms with E-state index in [9.17, 15) is 4.79 Å². The number of hydrogen-bond acceptors (Lipinski definition) is 6. The average Bonchev–Trinajstić information content (AvgIpc) is 2.83. The molecule has 6 atom stereocenters. The molecule has 4 saturated heterocycles. The van der Waals surface area contributed by atoms with Crippen molar-refractivity contribution in [2.45, 2.75) is 76.5 Å². The molecular weight excluding hydrogens is 312 g/mol. The minimum Gasteiger partial charge on any atom is -0.466 e. The summed E-state index contributed by atoms with van der Waals surface area (Å²) < 4.78 is 17.4. The Balaban J connectivity index is 1.57. The van der Waals surface area contributed by atoms with Gasteiger partial charge in [0.25, 0.3) is 0 Å². The van der Waals surface area contributed by atoms with Gasteiger partial charge < -0.3 is 14.2 Å². The number of carbonyl (C=O) groups excluding carboxylic acids is 1. The highest BCUT2D eigenvalue weighted by molar-refractivity contribution is 5.69. The molecule has 5 rings (SSSR count). The topological polar surface area (TPSA) is 63.2 Å². The van der Waals surface area contributed by atoms with Crippen LogP contribution in [0.25, 0.3) is 0 Å². The Kier molecular flexibility index (Phi) is 4.35. The number of fused-ring (bicyclic) bond motifs is 2. The molecule has 4 aliphatic heterocycles. The van der Waals surface area contributed by atoms with Gasteiger partial charge >= 0.3 is 5.97 Å². The van der Waals surface area contributed by atoms with Crippen LogP contribution in [0, 0.1) is 17.8 Å². The molecule has 6 heteroatoms. The molecule has 6 nitrogen and oxygen atoms in total. The van der Waals surface area contributed by atoms with Crippen LogP contribution in [0.1, 0.15) is 58.8 Å². The third-order valence-corrected chi connectivity index (χ3v) is 6.49. The van der Waals surface area contributed by atoms with E-state index in [4.69, 9.17) is 24.0 Å². The van der Waals surface area contributed by atoms with Gasteiger partial charge in [-0.3, -0.25) is 4.79 Å². The Labute approximate surface area is 143 Å². The van der Waals surface area contributed by atoms with Crippen molar-refractivity contribution in [2.24, 2.45) is 17.8 Å². The summed E-state index contributed by atoms with van der Waals surface area (Å²) in [5.41, 5.74) is -0.472. The first kappa shape index (κ1) is 16.8. The molecule has 0 unspecified atom stereocenters. The SMILES string of the molecule is CCOC(=O)CC[C@@]12CC[C@H]3[C@H](C)CC[C@H]4CCO[C@H](O1)[C@]43OO2. The van der Waals surface area contributed by atoms with Gasteiger partial charge in [0.15, 0.2) is 11.9 Å². The largest absolute Gasteiger partial charge is 0.466 e. The number of hydrogen-bond donors (Lipinski definition) is 0. The summed E-state index contributed by atoms with van der Waals surface area (Å²) in [6.07, 6.45) is 5.40. The molecular formula is C18H28O6. The lowest BCUT2D eigenvalue weighted by Gasteiger charge is -2.57. The van der Waals surface area contributed by atoms with E-state index in [1.807, 2.05) is 6.92 Å². The molecule has 0 aromatic rings. The van der Waals surface area contributed by atoms with Gasteiger partial charge in [-0.05, 0) is 50.4 Å². The first-order valence-electron chi connectivity index (χ1n) is 9.41. The lowest BCUT2D eigenvalue weighted by atomic mass is 9.61. The van der Waals surface area contributed by atoms with Crippen LogP contribution in [0.2, 0.25) is 0 Å². The van der Waals surface area contributed by atoms with Gasteiger partial charge in [-0.2, -0.15) is 0 Å². The van der Waals surface area contributed by atoms with Crippen LogP contribution in [-0.4, -0.2) is 36.9 Å². The highest BCUT2D eigenvalue weighted by atomic mass is 17.3. The minimum atomic E-state index is -0.887. The third kappa shape index (κ3) is 2.50. The Morgan fingerprint density at radius 1 is 1.21 bits per heavy atom. The summed E-state index contributed by atoms with van der Waals surface area (Å²) in [6, 6.07) is 0. The van der Waals surface area contributed by atoms with Crippen molar-refractivity contribution in [2.75, 3.05) is 13.2 Å². The summed E-state index contributed by atoms with van der Waals surface area (Å²) in [5.74, 6) is 0.266. The van der Waals surface area contributed by atoms with Crippen LogP contribution in [0.4, 0.5) is 0 Å². The van der Waals surface area contributed by atoms with Crippen LogP contribution in [0.5, 0.6) is 0 Å². The van der Waals surface area contributed by atoms with E-state index in [0.29, 0.717) is 37.4 Å². The zero-order chi connectivity index (χ0) is 16.8. The van der Waals surface area contributed by atoms with Crippen molar-refractivity contribution in [3.8, 4) is 0 Å². The van der Waals surface area contributed by atoms with Crippen LogP contribution in [0.3, 0.4) is 0 Å². The zero-order valence-electron chi connectivity index (χ0n) is 14.6. The maximum absolute atomic E-state index is 11.8. The van der Waals surface area contributed by atoms with Crippen LogP contribution in [0.15, 0.2) is 0 Å². The van der Waals surface area contributed by atoms with Crippen molar-refractivity contribution in [3.63, 3.8) is 0 Å². The first-order chi connectivity index (χ1) is 11.6. The molecule has 0 amide bonds. The molecule has 0 aromatic carbocycles. The maximum Gasteiger partial charge on any atom is 0.305 e. The molecule has 1 spiro atoms. The highest BCUT2D eigenvalue weighted by Gasteiger charge is 2.67. The number of carbonyl (C=O) groups is 1. The van der Waals surface area contributed by atoms with Gasteiger partial charge in [0.1, 0.15) is 0 Å². The van der Waals surface area contributed by atoms with E-state index in [-0.39, 0.29) is 18.7 Å². The van der Waals surface area contributed by atoms with E-state index in [1.165, 1.54) is 6.42 Å². The van der Waals surface area contributed by atoms with Gasteiger partial charge in [-0.1, -0.05) is 6.92 Å². The van der Waals surface area contributed by atoms with Crippen molar-refractivity contribution >= 4 is 5.97 Å². The third-order valence-electron chi connectivity index (χ3n) is 6.49. The molecule has 0 radical (unpaired) electrons.